The van der Waals surface area contributed by atoms with E-state index in [1.165, 1.54) is 154 Å². The third kappa shape index (κ3) is 64.9. The maximum atomic E-state index is 13.0. The molecule has 3 unspecified atom stereocenters. The lowest BCUT2D eigenvalue weighted by Crippen LogP contribution is -2.30. The van der Waals surface area contributed by atoms with Gasteiger partial charge in [0.15, 0.2) is 12.2 Å². The summed E-state index contributed by atoms with van der Waals surface area (Å²) in [7, 11) is -9.92. The van der Waals surface area contributed by atoms with Gasteiger partial charge in [0.05, 0.1) is 26.4 Å². The number of esters is 4. The highest BCUT2D eigenvalue weighted by molar-refractivity contribution is 7.47. The second-order valence-corrected chi connectivity index (χ2v) is 29.3. The Hall–Kier alpha value is -2.46. The van der Waals surface area contributed by atoms with Crippen molar-refractivity contribution in [2.45, 2.75) is 368 Å². The first kappa shape index (κ1) is 89.5. The Morgan fingerprint density at radius 2 is 0.641 bits per heavy atom. The topological polar surface area (TPSA) is 237 Å². The molecule has 0 bridgehead atoms. The molecule has 0 aliphatic heterocycles. The molecule has 0 aliphatic rings. The van der Waals surface area contributed by atoms with Gasteiger partial charge in [0, 0.05) is 25.7 Å². The van der Waals surface area contributed by atoms with Crippen LogP contribution in [0.2, 0.25) is 0 Å². The van der Waals surface area contributed by atoms with E-state index in [9.17, 15) is 43.2 Å². The van der Waals surface area contributed by atoms with Gasteiger partial charge >= 0.3 is 39.5 Å². The van der Waals surface area contributed by atoms with Gasteiger partial charge in [-0.2, -0.15) is 0 Å². The Labute approximate surface area is 561 Å². The van der Waals surface area contributed by atoms with Crippen LogP contribution in [0.15, 0.2) is 24.3 Å². The number of hydrogen-bond acceptors (Lipinski definition) is 15. The number of carbonyl (C=O) groups excluding carboxylic acids is 4. The van der Waals surface area contributed by atoms with Gasteiger partial charge in [0.1, 0.15) is 19.3 Å². The van der Waals surface area contributed by atoms with Crippen molar-refractivity contribution in [1.29, 1.82) is 0 Å². The Balaban J connectivity index is 5.29. The third-order valence-corrected chi connectivity index (χ3v) is 18.6. The minimum absolute atomic E-state index is 0.0848. The van der Waals surface area contributed by atoms with Crippen LogP contribution < -0.4 is 0 Å². The molecular weight excluding hydrogens is 1210 g/mol. The molecule has 0 saturated carbocycles. The first-order valence-electron chi connectivity index (χ1n) is 37.3. The predicted molar refractivity (Wildman–Crippen MR) is 372 cm³/mol. The summed E-state index contributed by atoms with van der Waals surface area (Å²) in [4.78, 5) is 72.6. The number of hydrogen-bond donors (Lipinski definition) is 3. The molecule has 0 aromatic rings. The monoisotopic (exact) mass is 1350 g/mol. The average molecular weight is 1350 g/mol. The van der Waals surface area contributed by atoms with Crippen LogP contribution in [0.25, 0.3) is 0 Å². The van der Waals surface area contributed by atoms with E-state index in [0.717, 1.165) is 115 Å². The zero-order valence-electron chi connectivity index (χ0n) is 59.3. The predicted octanol–water partition coefficient (Wildman–Crippen LogP) is 20.7. The van der Waals surface area contributed by atoms with E-state index in [-0.39, 0.29) is 25.7 Å². The van der Waals surface area contributed by atoms with Crippen LogP contribution in [0.1, 0.15) is 350 Å². The summed E-state index contributed by atoms with van der Waals surface area (Å²) < 4.78 is 68.3. The van der Waals surface area contributed by atoms with E-state index in [1.807, 2.05) is 0 Å². The normalized spacial score (nSPS) is 14.5. The van der Waals surface area contributed by atoms with Crippen molar-refractivity contribution < 1.29 is 80.2 Å². The maximum Gasteiger partial charge on any atom is 0.472 e. The number of phosphoric ester groups is 2. The Morgan fingerprint density at radius 1 is 0.359 bits per heavy atom. The fourth-order valence-corrected chi connectivity index (χ4v) is 12.1. The molecule has 3 N–H and O–H groups in total. The number of phosphoric acid groups is 2. The Bertz CT molecular complexity index is 1880. The van der Waals surface area contributed by atoms with E-state index < -0.39 is 97.5 Å². The zero-order valence-corrected chi connectivity index (χ0v) is 61.1. The summed E-state index contributed by atoms with van der Waals surface area (Å²) in [5, 5.41) is 10.6. The highest BCUT2D eigenvalue weighted by atomic mass is 31.2. The van der Waals surface area contributed by atoms with Gasteiger partial charge in [-0.1, -0.05) is 297 Å². The summed E-state index contributed by atoms with van der Waals surface area (Å²) in [6.45, 7) is 9.51. The molecule has 6 atom stereocenters. The number of unbranched alkanes of at least 4 members (excludes halogenated alkanes) is 36. The van der Waals surface area contributed by atoms with Crippen LogP contribution in [0.3, 0.4) is 0 Å². The standard InChI is InChI=1S/C73H138O17P2/c1-7-10-12-14-16-18-19-20-21-22-25-33-39-45-51-57-72(77)89-69(62-84-71(76)56-50-44-38-32-26-23-24-30-35-41-47-53-65(4)5)64-88-92(81,82)86-60-67(74)59-85-91(79,80)87-63-68(61-83-70(75)55-49-43-37-29-17-15-13-11-8-2)90-73(78)58-52-46-40-34-28-27-31-36-42-48-54-66(6)9-3/h18-21,65-69,74H,7-17,22-64H2,1-6H3,(H,79,80)(H,81,82)/b19-18-,21-20-/t66?,67-,68+,69+/m0/s1. The van der Waals surface area contributed by atoms with Crippen LogP contribution in [0, 0.1) is 11.8 Å². The summed E-state index contributed by atoms with van der Waals surface area (Å²) in [5.74, 6) is -0.581. The molecule has 0 fully saturated rings. The molecule has 0 spiro atoms. The molecule has 0 radical (unpaired) electrons. The van der Waals surface area contributed by atoms with E-state index in [1.54, 1.807) is 0 Å². The average Bonchev–Trinajstić information content (AvgIpc) is 2.31. The van der Waals surface area contributed by atoms with Crippen LogP contribution in [-0.4, -0.2) is 96.7 Å². The maximum absolute atomic E-state index is 13.0. The molecule has 0 amide bonds. The minimum Gasteiger partial charge on any atom is -0.462 e. The highest BCUT2D eigenvalue weighted by Gasteiger charge is 2.30. The molecule has 92 heavy (non-hydrogen) atoms. The molecule has 17 nitrogen and oxygen atoms in total. The summed E-state index contributed by atoms with van der Waals surface area (Å²) in [6, 6.07) is 0. The van der Waals surface area contributed by atoms with Crippen molar-refractivity contribution in [2.24, 2.45) is 11.8 Å². The van der Waals surface area contributed by atoms with Crippen LogP contribution in [-0.2, 0) is 65.4 Å². The molecule has 0 aliphatic carbocycles. The van der Waals surface area contributed by atoms with Gasteiger partial charge in [-0.3, -0.25) is 37.3 Å². The van der Waals surface area contributed by atoms with Crippen molar-refractivity contribution in [3.63, 3.8) is 0 Å². The van der Waals surface area contributed by atoms with Crippen molar-refractivity contribution in [1.82, 2.24) is 0 Å². The van der Waals surface area contributed by atoms with Gasteiger partial charge in [0.25, 0.3) is 0 Å². The van der Waals surface area contributed by atoms with Gasteiger partial charge in [-0.05, 0) is 63.2 Å². The third-order valence-electron chi connectivity index (χ3n) is 16.7. The summed E-state index contributed by atoms with van der Waals surface area (Å²) in [6.07, 6.45) is 53.4. The van der Waals surface area contributed by atoms with Crippen molar-refractivity contribution in [3.8, 4) is 0 Å². The van der Waals surface area contributed by atoms with Crippen molar-refractivity contribution >= 4 is 39.5 Å². The lowest BCUT2D eigenvalue weighted by Gasteiger charge is -2.21. The van der Waals surface area contributed by atoms with Crippen LogP contribution in [0.5, 0.6) is 0 Å². The lowest BCUT2D eigenvalue weighted by atomic mass is 9.99. The molecule has 19 heteroatoms. The summed E-state index contributed by atoms with van der Waals surface area (Å²) in [5.41, 5.74) is 0. The SMILES string of the molecule is CCCCCC/C=C\C=C/CCCCCCCC(=O)O[C@H](COC(=O)CCCCCCCCCCCCCC(C)C)COP(=O)(O)OC[C@@H](O)COP(=O)(O)OC[C@@H](COC(=O)CCCCCCCCCCC)OC(=O)CCCCCCCCCCCCC(C)CC. The first-order chi connectivity index (χ1) is 44.4. The lowest BCUT2D eigenvalue weighted by molar-refractivity contribution is -0.161. The molecule has 0 heterocycles. The van der Waals surface area contributed by atoms with Gasteiger partial charge < -0.3 is 33.8 Å². The molecule has 0 aromatic heterocycles. The second kappa shape index (κ2) is 64.5. The summed E-state index contributed by atoms with van der Waals surface area (Å²) >= 11 is 0. The molecule has 0 aromatic carbocycles. The minimum atomic E-state index is -4.96. The molecule has 0 saturated heterocycles. The molecule has 0 rings (SSSR count). The smallest absolute Gasteiger partial charge is 0.462 e. The van der Waals surface area contributed by atoms with Gasteiger partial charge in [-0.25, -0.2) is 9.13 Å². The number of allylic oxidation sites excluding steroid dienone is 4. The fraction of sp³-hybridized carbons (Fsp3) is 0.890. The van der Waals surface area contributed by atoms with Gasteiger partial charge in [0.2, 0.25) is 0 Å². The fourth-order valence-electron chi connectivity index (χ4n) is 10.5. The van der Waals surface area contributed by atoms with Crippen LogP contribution in [0.4, 0.5) is 0 Å². The van der Waals surface area contributed by atoms with Crippen LogP contribution >= 0.6 is 15.6 Å². The van der Waals surface area contributed by atoms with Crippen molar-refractivity contribution in [3.05, 3.63) is 24.3 Å². The number of ether oxygens (including phenoxy) is 4. The van der Waals surface area contributed by atoms with E-state index in [4.69, 9.17) is 37.0 Å². The van der Waals surface area contributed by atoms with Gasteiger partial charge in [-0.15, -0.1) is 0 Å². The zero-order chi connectivity index (χ0) is 67.9. The largest absolute Gasteiger partial charge is 0.472 e. The van der Waals surface area contributed by atoms with E-state index in [0.29, 0.717) is 25.7 Å². The van der Waals surface area contributed by atoms with E-state index in [2.05, 4.69) is 65.8 Å². The highest BCUT2D eigenvalue weighted by Crippen LogP contribution is 2.45. The Morgan fingerprint density at radius 3 is 0.978 bits per heavy atom. The Kier molecular flexibility index (Phi) is 62.8. The van der Waals surface area contributed by atoms with E-state index >= 15 is 0 Å². The number of carbonyl (C=O) groups is 4. The quantitative estimate of drug-likeness (QED) is 0.0169. The second-order valence-electron chi connectivity index (χ2n) is 26.4. The molecular formula is C73H138O17P2. The number of aliphatic hydroxyl groups is 1. The van der Waals surface area contributed by atoms with Crippen molar-refractivity contribution in [2.75, 3.05) is 39.6 Å². The first-order valence-corrected chi connectivity index (χ1v) is 40.3. The molecule has 542 valence electrons. The number of rotatable bonds is 70. The number of aliphatic hydroxyl groups excluding tert-OH is 1.